The Hall–Kier alpha value is -2.44. The number of halogens is 2. The van der Waals surface area contributed by atoms with Gasteiger partial charge in [-0.15, -0.1) is 0 Å². The normalized spacial score (nSPS) is 17.4. The summed E-state index contributed by atoms with van der Waals surface area (Å²) in [6.45, 7) is 3.89. The molecule has 144 valence electrons. The first-order chi connectivity index (χ1) is 13.0. The van der Waals surface area contributed by atoms with Crippen molar-refractivity contribution in [2.45, 2.75) is 26.3 Å². The van der Waals surface area contributed by atoms with E-state index >= 15 is 0 Å². The van der Waals surface area contributed by atoms with Crippen molar-refractivity contribution in [1.29, 1.82) is 0 Å². The monoisotopic (exact) mass is 392 g/mol. The van der Waals surface area contributed by atoms with Crippen LogP contribution < -0.4 is 10.6 Å². The molecule has 2 amide bonds. The van der Waals surface area contributed by atoms with Crippen molar-refractivity contribution < 1.29 is 19.1 Å². The molecular weight excluding hydrogens is 371 g/mol. The Labute approximate surface area is 162 Å². The number of anilines is 1. The molecule has 0 heterocycles. The maximum atomic E-state index is 13.4. The van der Waals surface area contributed by atoms with Crippen LogP contribution in [0.25, 0.3) is 0 Å². The molecule has 2 aromatic carbocycles. The summed E-state index contributed by atoms with van der Waals surface area (Å²) in [5, 5.41) is 14.5. The predicted octanol–water partition coefficient (Wildman–Crippen LogP) is 3.47. The fraction of sp³-hybridized carbons (Fsp3) is 0.300. The lowest BCUT2D eigenvalue weighted by Gasteiger charge is -2.20. The van der Waals surface area contributed by atoms with Crippen LogP contribution in [0.5, 0.6) is 0 Å². The zero-order chi connectivity index (χ0) is 20.0. The van der Waals surface area contributed by atoms with Crippen LogP contribution in [-0.4, -0.2) is 23.5 Å². The Kier molecular flexibility index (Phi) is 7.33. The van der Waals surface area contributed by atoms with Crippen LogP contribution in [0, 0.1) is 11.7 Å². The summed E-state index contributed by atoms with van der Waals surface area (Å²) in [6, 6.07) is 10.8. The van der Waals surface area contributed by atoms with Crippen LogP contribution in [-0.2, 0) is 16.0 Å². The molecule has 0 saturated carbocycles. The predicted molar refractivity (Wildman–Crippen MR) is 103 cm³/mol. The molecule has 0 radical (unpaired) electrons. The molecule has 27 heavy (non-hydrogen) atoms. The third-order valence-corrected chi connectivity index (χ3v) is 4.55. The second-order valence-electron chi connectivity index (χ2n) is 5.88. The fourth-order valence-corrected chi connectivity index (χ4v) is 3.13. The summed E-state index contributed by atoms with van der Waals surface area (Å²) in [4.78, 5) is 24.3. The standard InChI is InChI=1S/C18H16ClFN2O3.C2H6/c19-14-6-5-12(8-15(14)20)21-17(24)18(25)22-16-11(9-23)7-10-3-1-2-4-13(10)16;1-2/h1-6,8,11,16,23H,7,9H2,(H,21,24)(H,22,25);1-2H3. The number of amides is 2. The summed E-state index contributed by atoms with van der Waals surface area (Å²) < 4.78 is 13.4. The van der Waals surface area contributed by atoms with Gasteiger partial charge in [-0.3, -0.25) is 9.59 Å². The average Bonchev–Trinajstić information content (AvgIpc) is 3.04. The van der Waals surface area contributed by atoms with Gasteiger partial charge in [-0.1, -0.05) is 49.7 Å². The van der Waals surface area contributed by atoms with Gasteiger partial charge in [0.25, 0.3) is 0 Å². The van der Waals surface area contributed by atoms with Crippen molar-refractivity contribution >= 4 is 29.1 Å². The topological polar surface area (TPSA) is 78.4 Å². The van der Waals surface area contributed by atoms with Crippen LogP contribution >= 0.6 is 11.6 Å². The van der Waals surface area contributed by atoms with E-state index in [1.807, 2.05) is 38.1 Å². The Balaban J connectivity index is 0.00000126. The first-order valence-electron chi connectivity index (χ1n) is 8.75. The summed E-state index contributed by atoms with van der Waals surface area (Å²) in [6.07, 6.45) is 0.627. The van der Waals surface area contributed by atoms with E-state index in [0.29, 0.717) is 6.42 Å². The van der Waals surface area contributed by atoms with Gasteiger partial charge in [0, 0.05) is 18.2 Å². The van der Waals surface area contributed by atoms with Crippen LogP contribution in [0.15, 0.2) is 42.5 Å². The Morgan fingerprint density at radius 3 is 2.56 bits per heavy atom. The van der Waals surface area contributed by atoms with Crippen molar-refractivity contribution in [2.75, 3.05) is 11.9 Å². The zero-order valence-corrected chi connectivity index (χ0v) is 15.9. The minimum atomic E-state index is -0.914. The van der Waals surface area contributed by atoms with Crippen molar-refractivity contribution in [3.63, 3.8) is 0 Å². The van der Waals surface area contributed by atoms with E-state index in [0.717, 1.165) is 17.2 Å². The molecule has 5 nitrogen and oxygen atoms in total. The van der Waals surface area contributed by atoms with E-state index < -0.39 is 23.7 Å². The van der Waals surface area contributed by atoms with Gasteiger partial charge in [0.15, 0.2) is 0 Å². The molecule has 0 bridgehead atoms. The van der Waals surface area contributed by atoms with E-state index in [9.17, 15) is 19.1 Å². The number of carbonyl (C=O) groups is 2. The lowest BCUT2D eigenvalue weighted by Crippen LogP contribution is -2.40. The number of rotatable bonds is 3. The molecule has 3 rings (SSSR count). The highest BCUT2D eigenvalue weighted by molar-refractivity contribution is 6.39. The second kappa shape index (κ2) is 9.48. The van der Waals surface area contributed by atoms with E-state index in [2.05, 4.69) is 10.6 Å². The largest absolute Gasteiger partial charge is 0.396 e. The fourth-order valence-electron chi connectivity index (χ4n) is 3.01. The lowest BCUT2D eigenvalue weighted by atomic mass is 10.0. The number of hydrogen-bond donors (Lipinski definition) is 3. The van der Waals surface area contributed by atoms with Gasteiger partial charge in [-0.25, -0.2) is 4.39 Å². The van der Waals surface area contributed by atoms with Crippen molar-refractivity contribution in [1.82, 2.24) is 5.32 Å². The molecule has 2 aromatic rings. The highest BCUT2D eigenvalue weighted by Gasteiger charge is 2.34. The number of benzene rings is 2. The summed E-state index contributed by atoms with van der Waals surface area (Å²) >= 11 is 5.58. The SMILES string of the molecule is CC.O=C(Nc1ccc(Cl)c(F)c1)C(=O)NC1c2ccccc2CC1CO. The van der Waals surface area contributed by atoms with Gasteiger partial charge in [-0.05, 0) is 35.7 Å². The first kappa shape index (κ1) is 20.9. The smallest absolute Gasteiger partial charge is 0.313 e. The Morgan fingerprint density at radius 2 is 1.89 bits per heavy atom. The highest BCUT2D eigenvalue weighted by Crippen LogP contribution is 2.35. The zero-order valence-electron chi connectivity index (χ0n) is 15.1. The summed E-state index contributed by atoms with van der Waals surface area (Å²) in [5.41, 5.74) is 2.06. The molecule has 0 aliphatic heterocycles. The average molecular weight is 393 g/mol. The van der Waals surface area contributed by atoms with Crippen LogP contribution in [0.1, 0.15) is 31.0 Å². The molecule has 1 aliphatic rings. The van der Waals surface area contributed by atoms with Crippen LogP contribution in [0.4, 0.5) is 10.1 Å². The molecule has 0 fully saturated rings. The van der Waals surface area contributed by atoms with Gasteiger partial charge in [-0.2, -0.15) is 0 Å². The molecule has 0 spiro atoms. The Bertz CT molecular complexity index is 829. The van der Waals surface area contributed by atoms with Gasteiger partial charge in [0.1, 0.15) is 5.82 Å². The van der Waals surface area contributed by atoms with Gasteiger partial charge < -0.3 is 15.7 Å². The minimum absolute atomic E-state index is 0.0733. The number of carbonyl (C=O) groups excluding carboxylic acids is 2. The number of aliphatic hydroxyl groups is 1. The Morgan fingerprint density at radius 1 is 1.19 bits per heavy atom. The molecule has 7 heteroatoms. The van der Waals surface area contributed by atoms with Crippen LogP contribution in [0.3, 0.4) is 0 Å². The molecule has 2 atom stereocenters. The van der Waals surface area contributed by atoms with Crippen LogP contribution in [0.2, 0.25) is 5.02 Å². The minimum Gasteiger partial charge on any atom is -0.396 e. The first-order valence-corrected chi connectivity index (χ1v) is 9.13. The molecular formula is C20H22ClFN2O3. The third-order valence-electron chi connectivity index (χ3n) is 4.25. The van der Waals surface area contributed by atoms with Crippen molar-refractivity contribution in [3.05, 3.63) is 64.4 Å². The molecule has 2 unspecified atom stereocenters. The summed E-state index contributed by atoms with van der Waals surface area (Å²) in [5.74, 6) is -2.65. The van der Waals surface area contributed by atoms with Gasteiger partial charge in [0.05, 0.1) is 11.1 Å². The third kappa shape index (κ3) is 4.84. The van der Waals surface area contributed by atoms with E-state index in [-0.39, 0.29) is 23.2 Å². The molecule has 1 aliphatic carbocycles. The van der Waals surface area contributed by atoms with Crippen molar-refractivity contribution in [3.8, 4) is 0 Å². The van der Waals surface area contributed by atoms with Gasteiger partial charge >= 0.3 is 11.8 Å². The maximum Gasteiger partial charge on any atom is 0.313 e. The van der Waals surface area contributed by atoms with E-state index in [1.165, 1.54) is 12.1 Å². The molecule has 0 aromatic heterocycles. The highest BCUT2D eigenvalue weighted by atomic mass is 35.5. The van der Waals surface area contributed by atoms with E-state index in [4.69, 9.17) is 11.6 Å². The number of fused-ring (bicyclic) bond motifs is 1. The number of hydrogen-bond acceptors (Lipinski definition) is 3. The number of nitrogens with one attached hydrogen (secondary N) is 2. The maximum absolute atomic E-state index is 13.4. The molecule has 0 saturated heterocycles. The molecule has 3 N–H and O–H groups in total. The van der Waals surface area contributed by atoms with Crippen molar-refractivity contribution in [2.24, 2.45) is 5.92 Å². The lowest BCUT2D eigenvalue weighted by molar-refractivity contribution is -0.136. The quantitative estimate of drug-likeness (QED) is 0.700. The summed E-state index contributed by atoms with van der Waals surface area (Å²) in [7, 11) is 0. The van der Waals surface area contributed by atoms with E-state index in [1.54, 1.807) is 0 Å². The second-order valence-corrected chi connectivity index (χ2v) is 6.29. The number of aliphatic hydroxyl groups excluding tert-OH is 1. The van der Waals surface area contributed by atoms with Gasteiger partial charge in [0.2, 0.25) is 0 Å².